The van der Waals surface area contributed by atoms with E-state index in [4.69, 9.17) is 4.98 Å². The molecule has 0 bridgehead atoms. The van der Waals surface area contributed by atoms with Crippen LogP contribution in [-0.2, 0) is 6.42 Å². The van der Waals surface area contributed by atoms with Gasteiger partial charge in [0.05, 0.1) is 0 Å². The molecule has 1 aliphatic rings. The second-order valence-corrected chi connectivity index (χ2v) is 7.78. The maximum absolute atomic E-state index is 4.82. The first-order chi connectivity index (χ1) is 12.3. The van der Waals surface area contributed by atoms with Crippen LogP contribution >= 0.6 is 0 Å². The Bertz CT molecular complexity index is 618. The standard InChI is InChI=1S/C24H33N/c1-3-5-7-20-8-12-21(13-9-20)23-16-17-24(25-18-23)22-14-10-19(6-4-2)11-15-22/h8-9,12-13,16-19,22H,3-7,10-11,14-15H2,1-2H3. The fourth-order valence-corrected chi connectivity index (χ4v) is 4.22. The van der Waals surface area contributed by atoms with Crippen molar-refractivity contribution in [2.24, 2.45) is 5.92 Å². The van der Waals surface area contributed by atoms with Crippen molar-refractivity contribution in [3.63, 3.8) is 0 Å². The van der Waals surface area contributed by atoms with Crippen LogP contribution in [0.25, 0.3) is 11.1 Å². The van der Waals surface area contributed by atoms with Gasteiger partial charge in [0.2, 0.25) is 0 Å². The Hall–Kier alpha value is -1.63. The van der Waals surface area contributed by atoms with Crippen LogP contribution in [0.15, 0.2) is 42.6 Å². The molecule has 0 saturated heterocycles. The molecule has 0 unspecified atom stereocenters. The summed E-state index contributed by atoms with van der Waals surface area (Å²) in [6, 6.07) is 13.6. The summed E-state index contributed by atoms with van der Waals surface area (Å²) in [5, 5.41) is 0. The van der Waals surface area contributed by atoms with Gasteiger partial charge in [-0.15, -0.1) is 0 Å². The number of pyridine rings is 1. The zero-order valence-corrected chi connectivity index (χ0v) is 16.0. The zero-order valence-electron chi connectivity index (χ0n) is 16.0. The number of unbranched alkanes of at least 4 members (excludes halogenated alkanes) is 1. The Morgan fingerprint density at radius 1 is 0.840 bits per heavy atom. The lowest BCUT2D eigenvalue weighted by molar-refractivity contribution is 0.305. The van der Waals surface area contributed by atoms with Crippen LogP contribution in [-0.4, -0.2) is 4.98 Å². The van der Waals surface area contributed by atoms with Gasteiger partial charge in [-0.1, -0.05) is 63.4 Å². The van der Waals surface area contributed by atoms with Gasteiger partial charge in [-0.25, -0.2) is 0 Å². The number of rotatable bonds is 7. The molecule has 1 nitrogen and oxygen atoms in total. The van der Waals surface area contributed by atoms with E-state index in [0.29, 0.717) is 5.92 Å². The molecule has 2 aromatic rings. The first kappa shape index (κ1) is 18.2. The summed E-state index contributed by atoms with van der Waals surface area (Å²) in [5.41, 5.74) is 5.27. The Labute approximate surface area is 153 Å². The molecule has 3 rings (SSSR count). The molecule has 1 saturated carbocycles. The van der Waals surface area contributed by atoms with Crippen LogP contribution in [0.5, 0.6) is 0 Å². The van der Waals surface area contributed by atoms with E-state index in [2.05, 4.69) is 56.4 Å². The topological polar surface area (TPSA) is 12.9 Å². The third-order valence-corrected chi connectivity index (χ3v) is 5.85. The van der Waals surface area contributed by atoms with E-state index in [1.54, 1.807) is 0 Å². The van der Waals surface area contributed by atoms with Crippen molar-refractivity contribution >= 4 is 0 Å². The number of hydrogen-bond donors (Lipinski definition) is 0. The number of aryl methyl sites for hydroxylation is 1. The first-order valence-electron chi connectivity index (χ1n) is 10.4. The summed E-state index contributed by atoms with van der Waals surface area (Å²) in [6.45, 7) is 4.56. The second kappa shape index (κ2) is 9.17. The maximum Gasteiger partial charge on any atom is 0.0434 e. The van der Waals surface area contributed by atoms with E-state index in [-0.39, 0.29) is 0 Å². The Morgan fingerprint density at radius 2 is 1.56 bits per heavy atom. The minimum absolute atomic E-state index is 0.679. The summed E-state index contributed by atoms with van der Waals surface area (Å²) < 4.78 is 0. The fraction of sp³-hybridized carbons (Fsp3) is 0.542. The number of nitrogens with zero attached hydrogens (tertiary/aromatic N) is 1. The molecule has 1 aliphatic carbocycles. The third kappa shape index (κ3) is 4.93. The highest BCUT2D eigenvalue weighted by atomic mass is 14.7. The lowest BCUT2D eigenvalue weighted by atomic mass is 9.78. The van der Waals surface area contributed by atoms with Crippen molar-refractivity contribution in [3.8, 4) is 11.1 Å². The highest BCUT2D eigenvalue weighted by molar-refractivity contribution is 5.62. The molecular weight excluding hydrogens is 302 g/mol. The number of benzene rings is 1. The van der Waals surface area contributed by atoms with E-state index in [1.807, 2.05) is 0 Å². The van der Waals surface area contributed by atoms with E-state index in [9.17, 15) is 0 Å². The fourth-order valence-electron chi connectivity index (χ4n) is 4.22. The molecular formula is C24H33N. The number of hydrogen-bond acceptors (Lipinski definition) is 1. The van der Waals surface area contributed by atoms with Gasteiger partial charge in [0, 0.05) is 23.4 Å². The molecule has 0 spiro atoms. The van der Waals surface area contributed by atoms with Crippen molar-refractivity contribution in [3.05, 3.63) is 53.9 Å². The zero-order chi connectivity index (χ0) is 17.5. The van der Waals surface area contributed by atoms with Crippen molar-refractivity contribution < 1.29 is 0 Å². The summed E-state index contributed by atoms with van der Waals surface area (Å²) >= 11 is 0. The molecule has 1 aromatic carbocycles. The molecule has 1 fully saturated rings. The van der Waals surface area contributed by atoms with Gasteiger partial charge >= 0.3 is 0 Å². The van der Waals surface area contributed by atoms with Crippen LogP contribution in [0.3, 0.4) is 0 Å². The maximum atomic E-state index is 4.82. The van der Waals surface area contributed by atoms with Crippen molar-refractivity contribution in [2.75, 3.05) is 0 Å². The van der Waals surface area contributed by atoms with Gasteiger partial charge in [0.15, 0.2) is 0 Å². The molecule has 0 aliphatic heterocycles. The molecule has 0 amide bonds. The van der Waals surface area contributed by atoms with Gasteiger partial charge in [-0.2, -0.15) is 0 Å². The normalized spacial score (nSPS) is 20.6. The summed E-state index contributed by atoms with van der Waals surface area (Å²) in [7, 11) is 0. The van der Waals surface area contributed by atoms with Gasteiger partial charge in [0.25, 0.3) is 0 Å². The predicted molar refractivity (Wildman–Crippen MR) is 108 cm³/mol. The summed E-state index contributed by atoms with van der Waals surface area (Å²) in [4.78, 5) is 4.82. The Morgan fingerprint density at radius 3 is 2.16 bits per heavy atom. The van der Waals surface area contributed by atoms with Gasteiger partial charge in [-0.05, 0) is 61.6 Å². The van der Waals surface area contributed by atoms with Gasteiger partial charge in [-0.3, -0.25) is 4.98 Å². The number of aromatic nitrogens is 1. The van der Waals surface area contributed by atoms with E-state index in [0.717, 1.165) is 5.92 Å². The molecule has 1 heteroatoms. The molecule has 1 aromatic heterocycles. The van der Waals surface area contributed by atoms with E-state index < -0.39 is 0 Å². The average molecular weight is 336 g/mol. The van der Waals surface area contributed by atoms with Crippen LogP contribution in [0.1, 0.15) is 82.4 Å². The molecule has 134 valence electrons. The SMILES string of the molecule is CCCCc1ccc(-c2ccc(C3CCC(CCC)CC3)nc2)cc1. The second-order valence-electron chi connectivity index (χ2n) is 7.78. The van der Waals surface area contributed by atoms with Crippen molar-refractivity contribution in [1.29, 1.82) is 0 Å². The Balaban J connectivity index is 1.60. The van der Waals surface area contributed by atoms with Crippen molar-refractivity contribution in [2.45, 2.75) is 77.6 Å². The van der Waals surface area contributed by atoms with Gasteiger partial charge < -0.3 is 0 Å². The summed E-state index contributed by atoms with van der Waals surface area (Å²) in [5.74, 6) is 1.64. The van der Waals surface area contributed by atoms with Crippen LogP contribution in [0, 0.1) is 5.92 Å². The minimum atomic E-state index is 0.679. The molecule has 0 radical (unpaired) electrons. The molecule has 1 heterocycles. The van der Waals surface area contributed by atoms with Crippen LogP contribution < -0.4 is 0 Å². The molecule has 0 atom stereocenters. The van der Waals surface area contributed by atoms with Crippen LogP contribution in [0.4, 0.5) is 0 Å². The van der Waals surface area contributed by atoms with E-state index in [1.165, 1.54) is 80.2 Å². The smallest absolute Gasteiger partial charge is 0.0434 e. The van der Waals surface area contributed by atoms with E-state index >= 15 is 0 Å². The predicted octanol–water partition coefficient (Wildman–Crippen LogP) is 7.17. The lowest BCUT2D eigenvalue weighted by Gasteiger charge is -2.28. The highest BCUT2D eigenvalue weighted by Crippen LogP contribution is 2.37. The largest absolute Gasteiger partial charge is 0.260 e. The van der Waals surface area contributed by atoms with Gasteiger partial charge in [0.1, 0.15) is 0 Å². The molecule has 0 N–H and O–H groups in total. The minimum Gasteiger partial charge on any atom is -0.260 e. The van der Waals surface area contributed by atoms with Crippen LogP contribution in [0.2, 0.25) is 0 Å². The Kier molecular flexibility index (Phi) is 6.67. The quantitative estimate of drug-likeness (QED) is 0.523. The lowest BCUT2D eigenvalue weighted by Crippen LogP contribution is -2.14. The first-order valence-corrected chi connectivity index (χ1v) is 10.4. The third-order valence-electron chi connectivity index (χ3n) is 5.85. The van der Waals surface area contributed by atoms with Crippen molar-refractivity contribution in [1.82, 2.24) is 4.98 Å². The summed E-state index contributed by atoms with van der Waals surface area (Å²) in [6.07, 6.45) is 14.0. The highest BCUT2D eigenvalue weighted by Gasteiger charge is 2.22. The molecule has 25 heavy (non-hydrogen) atoms. The average Bonchev–Trinajstić information content (AvgIpc) is 2.68. The monoisotopic (exact) mass is 335 g/mol.